The molecular weight excluding hydrogens is 402 g/mol. The van der Waals surface area contributed by atoms with Crippen LogP contribution in [0.2, 0.25) is 0 Å². The number of benzene rings is 2. The van der Waals surface area contributed by atoms with E-state index in [0.29, 0.717) is 17.8 Å². The Balaban J connectivity index is 2.02. The van der Waals surface area contributed by atoms with Crippen molar-refractivity contribution in [1.29, 1.82) is 0 Å². The number of carbonyl (C=O) groups excluding carboxylic acids is 2. The quantitative estimate of drug-likeness (QED) is 0.637. The third kappa shape index (κ3) is 6.41. The maximum Gasteiger partial charge on any atom is 0.251 e. The zero-order chi connectivity index (χ0) is 23.1. The van der Waals surface area contributed by atoms with Gasteiger partial charge in [-0.2, -0.15) is 0 Å². The predicted molar refractivity (Wildman–Crippen MR) is 120 cm³/mol. The average molecular weight is 433 g/mol. The van der Waals surface area contributed by atoms with E-state index in [0.717, 1.165) is 6.42 Å². The lowest BCUT2D eigenvalue weighted by Crippen LogP contribution is -2.43. The molecule has 8 heteroatoms. The van der Waals surface area contributed by atoms with Gasteiger partial charge in [-0.25, -0.2) is 8.78 Å². The summed E-state index contributed by atoms with van der Waals surface area (Å²) in [7, 11) is 6.88. The Morgan fingerprint density at radius 3 is 1.77 bits per heavy atom. The summed E-state index contributed by atoms with van der Waals surface area (Å²) >= 11 is 0. The molecule has 31 heavy (non-hydrogen) atoms. The van der Waals surface area contributed by atoms with E-state index in [-0.39, 0.29) is 23.7 Å². The molecule has 0 radical (unpaired) electrons. The fraction of sp³-hybridized carbons (Fsp3) is 0.391. The molecule has 2 rings (SSSR count). The van der Waals surface area contributed by atoms with Crippen molar-refractivity contribution < 1.29 is 18.4 Å². The van der Waals surface area contributed by atoms with Crippen molar-refractivity contribution >= 4 is 23.2 Å². The van der Waals surface area contributed by atoms with E-state index in [9.17, 15) is 18.4 Å². The molecule has 2 aromatic rings. The predicted octanol–water partition coefficient (Wildman–Crippen LogP) is 3.43. The number of hydrogen-bond donors (Lipinski definition) is 2. The summed E-state index contributed by atoms with van der Waals surface area (Å²) < 4.78 is 28.3. The van der Waals surface area contributed by atoms with E-state index < -0.39 is 23.4 Å². The molecule has 2 aromatic carbocycles. The van der Waals surface area contributed by atoms with Gasteiger partial charge >= 0.3 is 0 Å². The fourth-order valence-electron chi connectivity index (χ4n) is 3.18. The first-order valence-corrected chi connectivity index (χ1v) is 10.2. The smallest absolute Gasteiger partial charge is 0.251 e. The van der Waals surface area contributed by atoms with Crippen molar-refractivity contribution in [2.45, 2.75) is 25.8 Å². The molecule has 1 unspecified atom stereocenters. The number of carbonyl (C=O) groups is 2. The fourth-order valence-corrected chi connectivity index (χ4v) is 3.18. The van der Waals surface area contributed by atoms with E-state index in [2.05, 4.69) is 10.6 Å². The Labute approximate surface area is 182 Å². The van der Waals surface area contributed by atoms with Crippen LogP contribution in [0.25, 0.3) is 0 Å². The lowest BCUT2D eigenvalue weighted by atomic mass is 10.1. The van der Waals surface area contributed by atoms with Crippen LogP contribution < -0.4 is 20.4 Å². The Kier molecular flexibility index (Phi) is 8.36. The van der Waals surface area contributed by atoms with Crippen molar-refractivity contribution in [3.05, 3.63) is 59.2 Å². The van der Waals surface area contributed by atoms with Crippen LogP contribution in [0.15, 0.2) is 36.4 Å². The zero-order valence-electron chi connectivity index (χ0n) is 18.6. The molecule has 0 saturated heterocycles. The molecule has 0 aromatic heterocycles. The van der Waals surface area contributed by atoms with Crippen LogP contribution in [-0.4, -0.2) is 52.6 Å². The summed E-state index contributed by atoms with van der Waals surface area (Å²) in [6.07, 6.45) is 1.40. The summed E-state index contributed by atoms with van der Waals surface area (Å²) in [5, 5.41) is 5.58. The van der Waals surface area contributed by atoms with Gasteiger partial charge in [0.05, 0.1) is 11.4 Å². The number of nitrogens with zero attached hydrogens (tertiary/aromatic N) is 2. The molecule has 0 bridgehead atoms. The van der Waals surface area contributed by atoms with Gasteiger partial charge < -0.3 is 20.4 Å². The lowest BCUT2D eigenvalue weighted by molar-refractivity contribution is 0.0906. The van der Waals surface area contributed by atoms with Crippen LogP contribution in [0.4, 0.5) is 20.2 Å². The van der Waals surface area contributed by atoms with E-state index in [1.54, 1.807) is 62.3 Å². The van der Waals surface area contributed by atoms with Gasteiger partial charge in [-0.15, -0.1) is 0 Å². The maximum atomic E-state index is 14.2. The molecule has 1 atom stereocenters. The van der Waals surface area contributed by atoms with E-state index in [1.165, 1.54) is 12.1 Å². The van der Waals surface area contributed by atoms with Crippen molar-refractivity contribution in [1.82, 2.24) is 10.6 Å². The van der Waals surface area contributed by atoms with Crippen LogP contribution in [0, 0.1) is 11.6 Å². The molecule has 2 amide bonds. The first kappa shape index (κ1) is 24.1. The van der Waals surface area contributed by atoms with Crippen LogP contribution in [0.1, 0.15) is 40.5 Å². The Morgan fingerprint density at radius 1 is 0.871 bits per heavy atom. The number of anilines is 2. The SMILES string of the molecule is CCCC(CNC(=O)c1ccc(N(C)C)c(F)c1)NC(=O)c1ccc(N(C)C)c(F)c1. The third-order valence-corrected chi connectivity index (χ3v) is 4.86. The molecule has 168 valence electrons. The minimum atomic E-state index is -0.487. The van der Waals surface area contributed by atoms with E-state index >= 15 is 0 Å². The van der Waals surface area contributed by atoms with Crippen LogP contribution in [-0.2, 0) is 0 Å². The first-order valence-electron chi connectivity index (χ1n) is 10.2. The molecule has 0 aliphatic carbocycles. The normalized spacial score (nSPS) is 11.6. The summed E-state index contributed by atoms with van der Waals surface area (Å²) in [6, 6.07) is 8.24. The number of nitrogens with one attached hydrogen (secondary N) is 2. The van der Waals surface area contributed by atoms with Gasteiger partial charge in [-0.1, -0.05) is 13.3 Å². The molecule has 2 N–H and O–H groups in total. The van der Waals surface area contributed by atoms with Gasteiger partial charge in [0.25, 0.3) is 11.8 Å². The molecule has 0 aliphatic heterocycles. The summed E-state index contributed by atoms with van der Waals surface area (Å²) in [5.41, 5.74) is 1.18. The number of hydrogen-bond acceptors (Lipinski definition) is 4. The monoisotopic (exact) mass is 432 g/mol. The summed E-state index contributed by atoms with van der Waals surface area (Å²) in [4.78, 5) is 28.2. The third-order valence-electron chi connectivity index (χ3n) is 4.86. The highest BCUT2D eigenvalue weighted by molar-refractivity contribution is 5.96. The second kappa shape index (κ2) is 10.7. The largest absolute Gasteiger partial charge is 0.375 e. The van der Waals surface area contributed by atoms with E-state index in [4.69, 9.17) is 0 Å². The van der Waals surface area contributed by atoms with Crippen LogP contribution in [0.5, 0.6) is 0 Å². The van der Waals surface area contributed by atoms with Crippen LogP contribution in [0.3, 0.4) is 0 Å². The van der Waals surface area contributed by atoms with Gasteiger partial charge in [0, 0.05) is 51.9 Å². The average Bonchev–Trinajstić information content (AvgIpc) is 2.71. The van der Waals surface area contributed by atoms with Gasteiger partial charge in [0.2, 0.25) is 0 Å². The van der Waals surface area contributed by atoms with Crippen LogP contribution >= 0.6 is 0 Å². The number of amides is 2. The minimum Gasteiger partial charge on any atom is -0.375 e. The summed E-state index contributed by atoms with van der Waals surface area (Å²) in [6.45, 7) is 2.13. The van der Waals surface area contributed by atoms with Crippen molar-refractivity contribution in [3.8, 4) is 0 Å². The Morgan fingerprint density at radius 2 is 1.35 bits per heavy atom. The molecule has 0 aliphatic rings. The Bertz CT molecular complexity index is 932. The highest BCUT2D eigenvalue weighted by Gasteiger charge is 2.17. The van der Waals surface area contributed by atoms with Gasteiger partial charge in [-0.05, 0) is 42.8 Å². The highest BCUT2D eigenvalue weighted by Crippen LogP contribution is 2.19. The number of rotatable bonds is 9. The second-order valence-electron chi connectivity index (χ2n) is 7.79. The molecule has 0 fully saturated rings. The summed E-state index contributed by atoms with van der Waals surface area (Å²) in [5.74, 6) is -1.82. The topological polar surface area (TPSA) is 64.7 Å². The molecule has 0 heterocycles. The zero-order valence-corrected chi connectivity index (χ0v) is 18.6. The number of halogens is 2. The standard InChI is InChI=1S/C23H30F2N4O2/c1-6-7-17(27-23(31)16-9-11-21(29(4)5)19(25)13-16)14-26-22(30)15-8-10-20(28(2)3)18(24)12-15/h8-13,17H,6-7,14H2,1-5H3,(H,26,30)(H,27,31). The lowest BCUT2D eigenvalue weighted by Gasteiger charge is -2.20. The van der Waals surface area contributed by atoms with E-state index in [1.807, 2.05) is 6.92 Å². The van der Waals surface area contributed by atoms with Gasteiger partial charge in [0.15, 0.2) is 0 Å². The Hall–Kier alpha value is -3.16. The van der Waals surface area contributed by atoms with Gasteiger partial charge in [-0.3, -0.25) is 9.59 Å². The van der Waals surface area contributed by atoms with Gasteiger partial charge in [0.1, 0.15) is 11.6 Å². The first-order chi connectivity index (χ1) is 14.6. The molecule has 0 spiro atoms. The van der Waals surface area contributed by atoms with Crippen molar-refractivity contribution in [2.24, 2.45) is 0 Å². The highest BCUT2D eigenvalue weighted by atomic mass is 19.1. The second-order valence-corrected chi connectivity index (χ2v) is 7.79. The van der Waals surface area contributed by atoms with Crippen molar-refractivity contribution in [3.63, 3.8) is 0 Å². The minimum absolute atomic E-state index is 0.174. The molecule has 0 saturated carbocycles. The molecular formula is C23H30F2N4O2. The maximum absolute atomic E-state index is 14.2. The van der Waals surface area contributed by atoms with Crippen molar-refractivity contribution in [2.75, 3.05) is 44.5 Å². The molecule has 6 nitrogen and oxygen atoms in total.